The molecule has 0 unspecified atom stereocenters. The number of hydrogen-bond donors (Lipinski definition) is 2. The number of nitrogens with one attached hydrogen (secondary N) is 2. The molecule has 23 heavy (non-hydrogen) atoms. The Labute approximate surface area is 147 Å². The molecule has 5 nitrogen and oxygen atoms in total. The Morgan fingerprint density at radius 2 is 1.96 bits per heavy atom. The molecule has 0 saturated heterocycles. The number of ether oxygens (including phenoxy) is 1. The molecular weight excluding hydrogens is 384 g/mol. The number of carbonyl (C=O) groups excluding carboxylic acids is 2. The molecule has 2 aromatic carbocycles. The number of amides is 1. The average molecular weight is 398 g/mol. The zero-order valence-electron chi connectivity index (χ0n) is 12.2. The van der Waals surface area contributed by atoms with Crippen LogP contribution in [0.3, 0.4) is 0 Å². The zero-order valence-corrected chi connectivity index (χ0v) is 14.6. The fraction of sp³-hybridized carbons (Fsp3) is 0.125. The third-order valence-corrected chi connectivity index (χ3v) is 3.99. The van der Waals surface area contributed by atoms with Gasteiger partial charge in [0, 0.05) is 10.2 Å². The van der Waals surface area contributed by atoms with Crippen LogP contribution in [0.2, 0.25) is 5.02 Å². The van der Waals surface area contributed by atoms with E-state index in [-0.39, 0.29) is 18.0 Å². The van der Waals surface area contributed by atoms with E-state index in [1.807, 2.05) is 18.2 Å². The maximum absolute atomic E-state index is 12.0. The summed E-state index contributed by atoms with van der Waals surface area (Å²) >= 11 is 9.31. The summed E-state index contributed by atoms with van der Waals surface area (Å²) in [6, 6.07) is 12.1. The lowest BCUT2D eigenvalue weighted by atomic mass is 10.2. The molecule has 0 aliphatic rings. The fourth-order valence-electron chi connectivity index (χ4n) is 1.84. The summed E-state index contributed by atoms with van der Waals surface area (Å²) in [5.41, 5.74) is 1.52. The van der Waals surface area contributed by atoms with Gasteiger partial charge in [-0.15, -0.1) is 0 Å². The van der Waals surface area contributed by atoms with Crippen molar-refractivity contribution in [2.45, 2.75) is 0 Å². The van der Waals surface area contributed by atoms with Crippen molar-refractivity contribution in [1.82, 2.24) is 0 Å². The van der Waals surface area contributed by atoms with Crippen LogP contribution in [-0.4, -0.2) is 25.5 Å². The molecule has 2 aromatic rings. The van der Waals surface area contributed by atoms with Gasteiger partial charge < -0.3 is 15.4 Å². The second-order valence-corrected chi connectivity index (χ2v) is 5.83. The number of halogens is 2. The van der Waals surface area contributed by atoms with Gasteiger partial charge in [0.25, 0.3) is 0 Å². The lowest BCUT2D eigenvalue weighted by molar-refractivity contribution is -0.114. The monoisotopic (exact) mass is 396 g/mol. The molecule has 0 saturated carbocycles. The number of hydrogen-bond acceptors (Lipinski definition) is 4. The van der Waals surface area contributed by atoms with Gasteiger partial charge in [-0.2, -0.15) is 0 Å². The Balaban J connectivity index is 1.99. The molecule has 0 fully saturated rings. The van der Waals surface area contributed by atoms with E-state index in [0.717, 1.165) is 4.47 Å². The molecule has 0 spiro atoms. The Bertz CT molecular complexity index is 737. The van der Waals surface area contributed by atoms with Crippen LogP contribution in [0, 0.1) is 0 Å². The van der Waals surface area contributed by atoms with E-state index >= 15 is 0 Å². The van der Waals surface area contributed by atoms with E-state index in [4.69, 9.17) is 11.6 Å². The molecule has 0 atom stereocenters. The molecule has 0 aromatic heterocycles. The molecule has 2 rings (SSSR count). The van der Waals surface area contributed by atoms with E-state index in [0.29, 0.717) is 16.4 Å². The Kier molecular flexibility index (Phi) is 6.01. The molecule has 0 heterocycles. The summed E-state index contributed by atoms with van der Waals surface area (Å²) < 4.78 is 5.45. The van der Waals surface area contributed by atoms with Crippen LogP contribution in [0.15, 0.2) is 46.9 Å². The summed E-state index contributed by atoms with van der Waals surface area (Å²) in [7, 11) is 1.28. The lowest BCUT2D eigenvalue weighted by Crippen LogP contribution is -2.22. The zero-order chi connectivity index (χ0) is 16.8. The molecule has 1 amide bonds. The van der Waals surface area contributed by atoms with Gasteiger partial charge in [0.2, 0.25) is 5.91 Å². The second-order valence-electron chi connectivity index (χ2n) is 4.57. The highest BCUT2D eigenvalue weighted by molar-refractivity contribution is 9.10. The Morgan fingerprint density at radius 1 is 1.22 bits per heavy atom. The van der Waals surface area contributed by atoms with Gasteiger partial charge in [-0.25, -0.2) is 4.79 Å². The first-order valence-corrected chi connectivity index (χ1v) is 7.84. The highest BCUT2D eigenvalue weighted by Gasteiger charge is 2.12. The predicted octanol–water partition coefficient (Wildman–Crippen LogP) is 3.94. The standard InChI is InChI=1S/C16H14BrClN2O3/c1-23-16(22)11-8-10(6-7-13(11)18)19-9-15(21)20-14-5-3-2-4-12(14)17/h2-8,19H,9H2,1H3,(H,20,21). The minimum absolute atomic E-state index is 0.0452. The van der Waals surface area contributed by atoms with Crippen molar-refractivity contribution in [1.29, 1.82) is 0 Å². The summed E-state index contributed by atoms with van der Waals surface area (Å²) in [6.45, 7) is 0.0452. The third-order valence-electron chi connectivity index (χ3n) is 2.97. The van der Waals surface area contributed by atoms with Crippen LogP contribution in [-0.2, 0) is 9.53 Å². The number of esters is 1. The van der Waals surface area contributed by atoms with Gasteiger partial charge in [-0.05, 0) is 46.3 Å². The number of methoxy groups -OCH3 is 1. The van der Waals surface area contributed by atoms with E-state index in [9.17, 15) is 9.59 Å². The Hall–Kier alpha value is -2.05. The third kappa shape index (κ3) is 4.71. The normalized spacial score (nSPS) is 10.0. The molecular formula is C16H14BrClN2O3. The molecule has 0 aliphatic carbocycles. The number of para-hydroxylation sites is 1. The van der Waals surface area contributed by atoms with Crippen molar-refractivity contribution in [2.24, 2.45) is 0 Å². The number of rotatable bonds is 5. The number of benzene rings is 2. The summed E-state index contributed by atoms with van der Waals surface area (Å²) in [5.74, 6) is -0.747. The van der Waals surface area contributed by atoms with Crippen LogP contribution < -0.4 is 10.6 Å². The highest BCUT2D eigenvalue weighted by Crippen LogP contribution is 2.22. The summed E-state index contributed by atoms with van der Waals surface area (Å²) in [4.78, 5) is 23.6. The van der Waals surface area contributed by atoms with Crippen LogP contribution in [0.5, 0.6) is 0 Å². The van der Waals surface area contributed by atoms with E-state index in [1.54, 1.807) is 24.3 Å². The van der Waals surface area contributed by atoms with Gasteiger partial charge in [-0.3, -0.25) is 4.79 Å². The average Bonchev–Trinajstić information content (AvgIpc) is 2.55. The van der Waals surface area contributed by atoms with Crippen molar-refractivity contribution in [3.63, 3.8) is 0 Å². The quantitative estimate of drug-likeness (QED) is 0.750. The number of anilines is 2. The van der Waals surface area contributed by atoms with E-state index < -0.39 is 5.97 Å². The maximum atomic E-state index is 12.0. The van der Waals surface area contributed by atoms with Crippen molar-refractivity contribution in [3.05, 3.63) is 57.5 Å². The van der Waals surface area contributed by atoms with Gasteiger partial charge in [0.15, 0.2) is 0 Å². The first-order chi connectivity index (χ1) is 11.0. The minimum Gasteiger partial charge on any atom is -0.465 e. The van der Waals surface area contributed by atoms with Crippen molar-refractivity contribution < 1.29 is 14.3 Å². The SMILES string of the molecule is COC(=O)c1cc(NCC(=O)Nc2ccccc2Br)ccc1Cl. The van der Waals surface area contributed by atoms with Gasteiger partial charge >= 0.3 is 5.97 Å². The van der Waals surface area contributed by atoms with Crippen LogP contribution in [0.25, 0.3) is 0 Å². The lowest BCUT2D eigenvalue weighted by Gasteiger charge is -2.10. The first kappa shape index (κ1) is 17.3. The Morgan fingerprint density at radius 3 is 2.65 bits per heavy atom. The largest absolute Gasteiger partial charge is 0.465 e. The van der Waals surface area contributed by atoms with Crippen molar-refractivity contribution in [3.8, 4) is 0 Å². The second kappa shape index (κ2) is 7.99. The fourth-order valence-corrected chi connectivity index (χ4v) is 2.42. The molecule has 2 N–H and O–H groups in total. The summed E-state index contributed by atoms with van der Waals surface area (Å²) in [5, 5.41) is 6.00. The highest BCUT2D eigenvalue weighted by atomic mass is 79.9. The van der Waals surface area contributed by atoms with Crippen LogP contribution in [0.4, 0.5) is 11.4 Å². The summed E-state index contributed by atoms with van der Waals surface area (Å²) in [6.07, 6.45) is 0. The van der Waals surface area contributed by atoms with Gasteiger partial charge in [-0.1, -0.05) is 23.7 Å². The van der Waals surface area contributed by atoms with E-state index in [2.05, 4.69) is 31.3 Å². The molecule has 0 radical (unpaired) electrons. The topological polar surface area (TPSA) is 67.4 Å². The van der Waals surface area contributed by atoms with E-state index in [1.165, 1.54) is 7.11 Å². The smallest absolute Gasteiger partial charge is 0.339 e. The van der Waals surface area contributed by atoms with Crippen LogP contribution >= 0.6 is 27.5 Å². The predicted molar refractivity (Wildman–Crippen MR) is 94.1 cm³/mol. The first-order valence-electron chi connectivity index (χ1n) is 6.67. The molecule has 0 aliphatic heterocycles. The van der Waals surface area contributed by atoms with Gasteiger partial charge in [0.1, 0.15) is 0 Å². The maximum Gasteiger partial charge on any atom is 0.339 e. The molecule has 0 bridgehead atoms. The minimum atomic E-state index is -0.531. The van der Waals surface area contributed by atoms with Crippen molar-refractivity contribution >= 4 is 50.8 Å². The van der Waals surface area contributed by atoms with Gasteiger partial charge in [0.05, 0.1) is 29.9 Å². The van der Waals surface area contributed by atoms with Crippen LogP contribution in [0.1, 0.15) is 10.4 Å². The van der Waals surface area contributed by atoms with Crippen molar-refractivity contribution in [2.75, 3.05) is 24.3 Å². The molecule has 7 heteroatoms. The molecule has 120 valence electrons. The number of carbonyl (C=O) groups is 2.